The van der Waals surface area contributed by atoms with E-state index in [0.29, 0.717) is 6.42 Å². The van der Waals surface area contributed by atoms with Crippen molar-refractivity contribution in [3.63, 3.8) is 0 Å². The van der Waals surface area contributed by atoms with Gasteiger partial charge in [0, 0.05) is 6.42 Å². The van der Waals surface area contributed by atoms with Gasteiger partial charge in [0.2, 0.25) is 0 Å². The van der Waals surface area contributed by atoms with Gasteiger partial charge in [-0.3, -0.25) is 4.79 Å². The molecule has 0 spiro atoms. The Labute approximate surface area is 91.4 Å². The summed E-state index contributed by atoms with van der Waals surface area (Å²) in [6, 6.07) is 6.03. The monoisotopic (exact) mass is 221 g/mol. The van der Waals surface area contributed by atoms with E-state index in [4.69, 9.17) is 5.11 Å². The third-order valence-electron chi connectivity index (χ3n) is 2.22. The molecule has 3 nitrogen and oxygen atoms in total. The van der Waals surface area contributed by atoms with Crippen molar-refractivity contribution in [2.45, 2.75) is 19.8 Å². The van der Waals surface area contributed by atoms with E-state index in [9.17, 15) is 4.79 Å². The fourth-order valence-electron chi connectivity index (χ4n) is 1.45. The molecule has 1 aromatic heterocycles. The van der Waals surface area contributed by atoms with Crippen LogP contribution >= 0.6 is 11.3 Å². The van der Waals surface area contributed by atoms with E-state index in [1.54, 1.807) is 11.3 Å². The second kappa shape index (κ2) is 3.98. The van der Waals surface area contributed by atoms with Gasteiger partial charge in [0.05, 0.1) is 21.6 Å². The summed E-state index contributed by atoms with van der Waals surface area (Å²) < 4.78 is 1.13. The largest absolute Gasteiger partial charge is 0.481 e. The summed E-state index contributed by atoms with van der Waals surface area (Å²) in [6.07, 6.45) is 0.674. The highest BCUT2D eigenvalue weighted by Gasteiger charge is 2.07. The molecule has 0 aliphatic rings. The zero-order chi connectivity index (χ0) is 10.8. The molecule has 0 amide bonds. The summed E-state index contributed by atoms with van der Waals surface area (Å²) >= 11 is 1.58. The second-order valence-electron chi connectivity index (χ2n) is 3.42. The van der Waals surface area contributed by atoms with Crippen molar-refractivity contribution in [3.8, 4) is 0 Å². The maximum Gasteiger partial charge on any atom is 0.303 e. The number of hydrogen-bond donors (Lipinski definition) is 1. The molecular weight excluding hydrogens is 210 g/mol. The molecule has 2 aromatic rings. The minimum atomic E-state index is -0.772. The Morgan fingerprint density at radius 3 is 3.00 bits per heavy atom. The average molecular weight is 221 g/mol. The van der Waals surface area contributed by atoms with Crippen molar-refractivity contribution < 1.29 is 9.90 Å². The molecule has 2 rings (SSSR count). The summed E-state index contributed by atoms with van der Waals surface area (Å²) in [5, 5.41) is 9.49. The standard InChI is InChI=1S/C11H11NO2S/c1-7-3-2-4-8-11(7)12-9(15-8)5-6-10(13)14/h2-4H,5-6H2,1H3,(H,13,14). The lowest BCUT2D eigenvalue weighted by atomic mass is 10.2. The van der Waals surface area contributed by atoms with Crippen LogP contribution in [0.15, 0.2) is 18.2 Å². The Morgan fingerprint density at radius 1 is 1.53 bits per heavy atom. The normalized spacial score (nSPS) is 10.7. The fraction of sp³-hybridized carbons (Fsp3) is 0.273. The van der Waals surface area contributed by atoms with E-state index in [0.717, 1.165) is 20.8 Å². The van der Waals surface area contributed by atoms with E-state index in [1.165, 1.54) is 0 Å². The predicted octanol–water partition coefficient (Wildman–Crippen LogP) is 2.62. The van der Waals surface area contributed by atoms with Gasteiger partial charge < -0.3 is 5.11 Å². The Balaban J connectivity index is 2.31. The SMILES string of the molecule is Cc1cccc2sc(CCC(=O)O)nc12. The van der Waals surface area contributed by atoms with Crippen molar-refractivity contribution in [1.29, 1.82) is 0 Å². The molecule has 15 heavy (non-hydrogen) atoms. The smallest absolute Gasteiger partial charge is 0.303 e. The van der Waals surface area contributed by atoms with Gasteiger partial charge in [0.1, 0.15) is 0 Å². The van der Waals surface area contributed by atoms with Crippen molar-refractivity contribution in [1.82, 2.24) is 4.98 Å². The topological polar surface area (TPSA) is 50.2 Å². The number of benzene rings is 1. The Hall–Kier alpha value is -1.42. The molecule has 1 aromatic carbocycles. The lowest BCUT2D eigenvalue weighted by Gasteiger charge is -1.91. The van der Waals surface area contributed by atoms with Gasteiger partial charge in [-0.15, -0.1) is 11.3 Å². The molecule has 0 radical (unpaired) electrons. The van der Waals surface area contributed by atoms with Gasteiger partial charge >= 0.3 is 5.97 Å². The number of hydrogen-bond acceptors (Lipinski definition) is 3. The van der Waals surface area contributed by atoms with Crippen LogP contribution in [-0.2, 0) is 11.2 Å². The van der Waals surface area contributed by atoms with Gasteiger partial charge in [-0.25, -0.2) is 4.98 Å². The first kappa shape index (κ1) is 10.1. The first-order valence-electron chi connectivity index (χ1n) is 4.73. The quantitative estimate of drug-likeness (QED) is 0.866. The van der Waals surface area contributed by atoms with Crippen molar-refractivity contribution in [2.24, 2.45) is 0 Å². The summed E-state index contributed by atoms with van der Waals surface area (Å²) in [5.74, 6) is -0.772. The summed E-state index contributed by atoms with van der Waals surface area (Å²) in [7, 11) is 0. The highest BCUT2D eigenvalue weighted by Crippen LogP contribution is 2.25. The molecule has 0 aliphatic carbocycles. The molecule has 78 valence electrons. The highest BCUT2D eigenvalue weighted by atomic mass is 32.1. The number of aryl methyl sites for hydroxylation is 2. The van der Waals surface area contributed by atoms with Crippen LogP contribution in [0.3, 0.4) is 0 Å². The van der Waals surface area contributed by atoms with Crippen LogP contribution in [0.2, 0.25) is 0 Å². The van der Waals surface area contributed by atoms with Gasteiger partial charge in [-0.05, 0) is 18.6 Å². The fourth-order valence-corrected chi connectivity index (χ4v) is 2.50. The zero-order valence-electron chi connectivity index (χ0n) is 8.36. The molecule has 0 fully saturated rings. The van der Waals surface area contributed by atoms with Gasteiger partial charge in [0.15, 0.2) is 0 Å². The van der Waals surface area contributed by atoms with E-state index in [1.807, 2.05) is 25.1 Å². The number of carbonyl (C=O) groups is 1. The van der Waals surface area contributed by atoms with Gasteiger partial charge in [-0.1, -0.05) is 12.1 Å². The molecule has 1 N–H and O–H groups in total. The number of aliphatic carboxylic acids is 1. The van der Waals surface area contributed by atoms with Crippen LogP contribution in [0.5, 0.6) is 0 Å². The summed E-state index contributed by atoms with van der Waals surface area (Å²) in [6.45, 7) is 2.02. The highest BCUT2D eigenvalue weighted by molar-refractivity contribution is 7.18. The first-order valence-corrected chi connectivity index (χ1v) is 5.55. The van der Waals surface area contributed by atoms with Gasteiger partial charge in [0.25, 0.3) is 0 Å². The minimum Gasteiger partial charge on any atom is -0.481 e. The van der Waals surface area contributed by atoms with E-state index in [2.05, 4.69) is 4.98 Å². The average Bonchev–Trinajstić information content (AvgIpc) is 2.59. The van der Waals surface area contributed by atoms with Crippen molar-refractivity contribution in [2.75, 3.05) is 0 Å². The van der Waals surface area contributed by atoms with Crippen LogP contribution < -0.4 is 0 Å². The summed E-state index contributed by atoms with van der Waals surface area (Å²) in [4.78, 5) is 14.9. The Bertz CT molecular complexity index is 504. The number of aromatic nitrogens is 1. The number of rotatable bonds is 3. The lowest BCUT2D eigenvalue weighted by molar-refractivity contribution is -0.136. The van der Waals surface area contributed by atoms with E-state index in [-0.39, 0.29) is 6.42 Å². The van der Waals surface area contributed by atoms with Crippen LogP contribution in [0.25, 0.3) is 10.2 Å². The second-order valence-corrected chi connectivity index (χ2v) is 4.54. The van der Waals surface area contributed by atoms with Crippen LogP contribution in [-0.4, -0.2) is 16.1 Å². The van der Waals surface area contributed by atoms with Crippen molar-refractivity contribution in [3.05, 3.63) is 28.8 Å². The van der Waals surface area contributed by atoms with Crippen LogP contribution in [0, 0.1) is 6.92 Å². The zero-order valence-corrected chi connectivity index (χ0v) is 9.17. The minimum absolute atomic E-state index is 0.152. The molecule has 0 atom stereocenters. The number of carboxylic acids is 1. The molecule has 0 saturated heterocycles. The number of thiazole rings is 1. The molecule has 0 aliphatic heterocycles. The maximum absolute atomic E-state index is 10.4. The molecular formula is C11H11NO2S. The van der Waals surface area contributed by atoms with E-state index < -0.39 is 5.97 Å². The number of carboxylic acid groups (broad SMARTS) is 1. The number of para-hydroxylation sites is 1. The maximum atomic E-state index is 10.4. The molecule has 4 heteroatoms. The molecule has 0 bridgehead atoms. The third-order valence-corrected chi connectivity index (χ3v) is 3.30. The molecule has 1 heterocycles. The molecule has 0 unspecified atom stereocenters. The lowest BCUT2D eigenvalue weighted by Crippen LogP contribution is -1.96. The van der Waals surface area contributed by atoms with E-state index >= 15 is 0 Å². The van der Waals surface area contributed by atoms with Crippen LogP contribution in [0.4, 0.5) is 0 Å². The molecule has 0 saturated carbocycles. The van der Waals surface area contributed by atoms with Gasteiger partial charge in [-0.2, -0.15) is 0 Å². The Morgan fingerprint density at radius 2 is 2.33 bits per heavy atom. The summed E-state index contributed by atoms with van der Waals surface area (Å²) in [5.41, 5.74) is 2.15. The third kappa shape index (κ3) is 2.15. The first-order chi connectivity index (χ1) is 7.16. The number of fused-ring (bicyclic) bond motifs is 1. The van der Waals surface area contributed by atoms with Crippen LogP contribution in [0.1, 0.15) is 17.0 Å². The Kier molecular flexibility index (Phi) is 2.68. The number of nitrogens with zero attached hydrogens (tertiary/aromatic N) is 1. The predicted molar refractivity (Wildman–Crippen MR) is 60.3 cm³/mol. The van der Waals surface area contributed by atoms with Crippen molar-refractivity contribution >= 4 is 27.5 Å².